The van der Waals surface area contributed by atoms with Gasteiger partial charge in [0, 0.05) is 44.3 Å². The Morgan fingerprint density at radius 2 is 2.21 bits per heavy atom. The standard InChI is InChI=1S/C15H25N3O/c1-13-11-15(3-6-17-13)18-8-4-14(5-9-18)12-16-7-10-19-2/h3,6,11,14,16H,4-5,7-10,12H2,1-2H3. The number of aromatic nitrogens is 1. The smallest absolute Gasteiger partial charge is 0.0587 e. The molecule has 0 saturated carbocycles. The van der Waals surface area contributed by atoms with Gasteiger partial charge in [-0.2, -0.15) is 0 Å². The van der Waals surface area contributed by atoms with E-state index in [9.17, 15) is 0 Å². The van der Waals surface area contributed by atoms with E-state index in [1.807, 2.05) is 6.20 Å². The van der Waals surface area contributed by atoms with Gasteiger partial charge in [-0.1, -0.05) is 0 Å². The molecule has 0 aliphatic carbocycles. The van der Waals surface area contributed by atoms with E-state index in [0.717, 1.165) is 44.4 Å². The maximum absolute atomic E-state index is 5.04. The third-order valence-corrected chi connectivity index (χ3v) is 3.78. The summed E-state index contributed by atoms with van der Waals surface area (Å²) in [4.78, 5) is 6.73. The first-order valence-corrected chi connectivity index (χ1v) is 7.17. The molecule has 4 nitrogen and oxygen atoms in total. The molecule has 1 saturated heterocycles. The molecule has 1 fully saturated rings. The van der Waals surface area contributed by atoms with Crippen molar-refractivity contribution in [3.63, 3.8) is 0 Å². The molecule has 1 N–H and O–H groups in total. The quantitative estimate of drug-likeness (QED) is 0.795. The van der Waals surface area contributed by atoms with Gasteiger partial charge in [-0.25, -0.2) is 0 Å². The van der Waals surface area contributed by atoms with Gasteiger partial charge in [-0.05, 0) is 44.4 Å². The van der Waals surface area contributed by atoms with Crippen molar-refractivity contribution in [1.29, 1.82) is 0 Å². The third-order valence-electron chi connectivity index (χ3n) is 3.78. The topological polar surface area (TPSA) is 37.4 Å². The summed E-state index contributed by atoms with van der Waals surface area (Å²) in [6, 6.07) is 4.29. The van der Waals surface area contributed by atoms with E-state index in [4.69, 9.17) is 4.74 Å². The minimum absolute atomic E-state index is 0.801. The molecule has 0 radical (unpaired) electrons. The zero-order valence-corrected chi connectivity index (χ0v) is 12.1. The van der Waals surface area contributed by atoms with E-state index < -0.39 is 0 Å². The lowest BCUT2D eigenvalue weighted by Gasteiger charge is -2.33. The SMILES string of the molecule is COCCNCC1CCN(c2ccnc(C)c2)CC1. The van der Waals surface area contributed by atoms with E-state index in [2.05, 4.69) is 34.3 Å². The van der Waals surface area contributed by atoms with Gasteiger partial charge in [0.25, 0.3) is 0 Å². The lowest BCUT2D eigenvalue weighted by Crippen LogP contribution is -2.37. The Kier molecular flexibility index (Phi) is 5.61. The van der Waals surface area contributed by atoms with Crippen molar-refractivity contribution >= 4 is 5.69 Å². The molecule has 1 aromatic heterocycles. The molecular weight excluding hydrogens is 238 g/mol. The fourth-order valence-corrected chi connectivity index (χ4v) is 2.60. The van der Waals surface area contributed by atoms with Crippen LogP contribution in [0.1, 0.15) is 18.5 Å². The zero-order valence-electron chi connectivity index (χ0n) is 12.1. The average molecular weight is 263 g/mol. The monoisotopic (exact) mass is 263 g/mol. The Bertz CT molecular complexity index is 375. The maximum Gasteiger partial charge on any atom is 0.0587 e. The number of nitrogens with zero attached hydrogens (tertiary/aromatic N) is 2. The molecule has 106 valence electrons. The van der Waals surface area contributed by atoms with Crippen LogP contribution in [0.3, 0.4) is 0 Å². The van der Waals surface area contributed by atoms with Crippen molar-refractivity contribution in [2.75, 3.05) is 44.8 Å². The van der Waals surface area contributed by atoms with Gasteiger partial charge in [0.05, 0.1) is 6.61 Å². The van der Waals surface area contributed by atoms with Crippen LogP contribution in [-0.2, 0) is 4.74 Å². The predicted molar refractivity (Wildman–Crippen MR) is 78.7 cm³/mol. The van der Waals surface area contributed by atoms with Crippen molar-refractivity contribution in [3.05, 3.63) is 24.0 Å². The molecule has 0 aromatic carbocycles. The summed E-state index contributed by atoms with van der Waals surface area (Å²) >= 11 is 0. The molecule has 1 aromatic rings. The molecular formula is C15H25N3O. The highest BCUT2D eigenvalue weighted by atomic mass is 16.5. The lowest BCUT2D eigenvalue weighted by molar-refractivity contribution is 0.197. The molecule has 19 heavy (non-hydrogen) atoms. The molecule has 1 aliphatic heterocycles. The fourth-order valence-electron chi connectivity index (χ4n) is 2.60. The number of piperidine rings is 1. The van der Waals surface area contributed by atoms with Crippen molar-refractivity contribution < 1.29 is 4.74 Å². The largest absolute Gasteiger partial charge is 0.383 e. The second kappa shape index (κ2) is 7.46. The van der Waals surface area contributed by atoms with Crippen molar-refractivity contribution in [1.82, 2.24) is 10.3 Å². The number of methoxy groups -OCH3 is 1. The van der Waals surface area contributed by atoms with Crippen LogP contribution in [0, 0.1) is 12.8 Å². The van der Waals surface area contributed by atoms with Gasteiger partial charge in [-0.15, -0.1) is 0 Å². The van der Waals surface area contributed by atoms with Crippen LogP contribution in [0.2, 0.25) is 0 Å². The maximum atomic E-state index is 5.04. The van der Waals surface area contributed by atoms with Gasteiger partial charge in [-0.3, -0.25) is 4.98 Å². The number of hydrogen-bond donors (Lipinski definition) is 1. The summed E-state index contributed by atoms with van der Waals surface area (Å²) in [5.41, 5.74) is 2.42. The van der Waals surface area contributed by atoms with Crippen LogP contribution in [0.5, 0.6) is 0 Å². The minimum Gasteiger partial charge on any atom is -0.383 e. The minimum atomic E-state index is 0.801. The molecule has 1 aliphatic rings. The van der Waals surface area contributed by atoms with Crippen LogP contribution in [0.25, 0.3) is 0 Å². The summed E-state index contributed by atoms with van der Waals surface area (Å²) in [5.74, 6) is 0.802. The molecule has 0 atom stereocenters. The van der Waals surface area contributed by atoms with Crippen molar-refractivity contribution in [2.24, 2.45) is 5.92 Å². The number of rotatable bonds is 6. The Morgan fingerprint density at radius 1 is 1.42 bits per heavy atom. The van der Waals surface area contributed by atoms with Crippen LogP contribution in [0.4, 0.5) is 5.69 Å². The van der Waals surface area contributed by atoms with Crippen LogP contribution < -0.4 is 10.2 Å². The highest BCUT2D eigenvalue weighted by Crippen LogP contribution is 2.22. The van der Waals surface area contributed by atoms with Crippen LogP contribution in [0.15, 0.2) is 18.3 Å². The van der Waals surface area contributed by atoms with E-state index in [1.165, 1.54) is 18.5 Å². The molecule has 0 spiro atoms. The first-order chi connectivity index (χ1) is 9.29. The Hall–Kier alpha value is -1.13. The summed E-state index contributed by atoms with van der Waals surface area (Å²) in [5, 5.41) is 3.47. The summed E-state index contributed by atoms with van der Waals surface area (Å²) in [7, 11) is 1.75. The van der Waals surface area contributed by atoms with Crippen LogP contribution >= 0.6 is 0 Å². The number of pyridine rings is 1. The Labute approximate surface area is 116 Å². The predicted octanol–water partition coefficient (Wildman–Crippen LogP) is 1.84. The first-order valence-electron chi connectivity index (χ1n) is 7.17. The molecule has 2 heterocycles. The summed E-state index contributed by atoms with van der Waals surface area (Å²) < 4.78 is 5.04. The molecule has 4 heteroatoms. The summed E-state index contributed by atoms with van der Waals surface area (Å²) in [6.45, 7) is 7.23. The number of ether oxygens (including phenoxy) is 1. The first kappa shape index (κ1) is 14.3. The Morgan fingerprint density at radius 3 is 2.89 bits per heavy atom. The van der Waals surface area contributed by atoms with E-state index in [0.29, 0.717) is 0 Å². The average Bonchev–Trinajstić information content (AvgIpc) is 2.44. The van der Waals surface area contributed by atoms with E-state index in [-0.39, 0.29) is 0 Å². The Balaban J connectivity index is 1.73. The molecule has 2 rings (SSSR count). The third kappa shape index (κ3) is 4.48. The molecule has 0 amide bonds. The van der Waals surface area contributed by atoms with Crippen molar-refractivity contribution in [3.8, 4) is 0 Å². The summed E-state index contributed by atoms with van der Waals surface area (Å²) in [6.07, 6.45) is 4.44. The number of hydrogen-bond acceptors (Lipinski definition) is 4. The number of aryl methyl sites for hydroxylation is 1. The van der Waals surface area contributed by atoms with E-state index in [1.54, 1.807) is 7.11 Å². The highest BCUT2D eigenvalue weighted by Gasteiger charge is 2.19. The van der Waals surface area contributed by atoms with E-state index >= 15 is 0 Å². The second-order valence-corrected chi connectivity index (χ2v) is 5.28. The van der Waals surface area contributed by atoms with Gasteiger partial charge >= 0.3 is 0 Å². The number of nitrogens with one attached hydrogen (secondary N) is 1. The lowest BCUT2D eigenvalue weighted by atomic mass is 9.96. The van der Waals surface area contributed by atoms with Gasteiger partial charge in [0.15, 0.2) is 0 Å². The molecule has 0 bridgehead atoms. The fraction of sp³-hybridized carbons (Fsp3) is 0.667. The highest BCUT2D eigenvalue weighted by molar-refractivity contribution is 5.46. The van der Waals surface area contributed by atoms with Gasteiger partial charge in [0.1, 0.15) is 0 Å². The number of anilines is 1. The van der Waals surface area contributed by atoms with Gasteiger partial charge in [0.2, 0.25) is 0 Å². The molecule has 0 unspecified atom stereocenters. The normalized spacial score (nSPS) is 16.8. The van der Waals surface area contributed by atoms with Gasteiger partial charge < -0.3 is 15.0 Å². The zero-order chi connectivity index (χ0) is 13.5. The van der Waals surface area contributed by atoms with Crippen LogP contribution in [-0.4, -0.2) is 44.9 Å². The van der Waals surface area contributed by atoms with Crippen molar-refractivity contribution in [2.45, 2.75) is 19.8 Å². The second-order valence-electron chi connectivity index (χ2n) is 5.28.